The van der Waals surface area contributed by atoms with Crippen LogP contribution in [0.25, 0.3) is 11.3 Å². The van der Waals surface area contributed by atoms with Gasteiger partial charge in [-0.2, -0.15) is 5.10 Å². The summed E-state index contributed by atoms with van der Waals surface area (Å²) in [4.78, 5) is 16.1. The molecular formula is C14H16N4O. The average Bonchev–Trinajstić information content (AvgIpc) is 2.97. The van der Waals surface area contributed by atoms with E-state index in [1.165, 1.54) is 0 Å². The van der Waals surface area contributed by atoms with E-state index in [1.54, 1.807) is 6.20 Å². The number of carbonyl (C=O) groups excluding carboxylic acids is 1. The van der Waals surface area contributed by atoms with E-state index in [0.29, 0.717) is 5.82 Å². The minimum Gasteiger partial charge on any atom is -0.309 e. The Morgan fingerprint density at radius 1 is 1.42 bits per heavy atom. The van der Waals surface area contributed by atoms with Gasteiger partial charge in [0.05, 0.1) is 5.69 Å². The van der Waals surface area contributed by atoms with Crippen LogP contribution in [0, 0.1) is 12.3 Å². The second-order valence-corrected chi connectivity index (χ2v) is 5.37. The molecule has 5 heteroatoms. The van der Waals surface area contributed by atoms with Crippen molar-refractivity contribution >= 4 is 11.7 Å². The van der Waals surface area contributed by atoms with Gasteiger partial charge >= 0.3 is 0 Å². The monoisotopic (exact) mass is 256 g/mol. The van der Waals surface area contributed by atoms with Gasteiger partial charge in [0, 0.05) is 28.9 Å². The van der Waals surface area contributed by atoms with Crippen LogP contribution in [0.4, 0.5) is 5.82 Å². The van der Waals surface area contributed by atoms with E-state index in [4.69, 9.17) is 0 Å². The predicted octanol–water partition coefficient (Wildman–Crippen LogP) is 2.52. The highest BCUT2D eigenvalue weighted by Crippen LogP contribution is 2.45. The van der Waals surface area contributed by atoms with Crippen molar-refractivity contribution < 1.29 is 4.79 Å². The number of hydrogen-bond acceptors (Lipinski definition) is 3. The summed E-state index contributed by atoms with van der Waals surface area (Å²) in [5, 5.41) is 9.91. The number of anilines is 1. The molecule has 3 rings (SSSR count). The summed E-state index contributed by atoms with van der Waals surface area (Å²) in [5.74, 6) is 0.624. The summed E-state index contributed by atoms with van der Waals surface area (Å²) < 4.78 is 0. The molecule has 0 spiro atoms. The molecule has 1 amide bonds. The fourth-order valence-electron chi connectivity index (χ4n) is 1.93. The van der Waals surface area contributed by atoms with Gasteiger partial charge in [0.25, 0.3) is 0 Å². The van der Waals surface area contributed by atoms with Crippen LogP contribution in [-0.2, 0) is 4.79 Å². The third-order valence-corrected chi connectivity index (χ3v) is 3.58. The average molecular weight is 256 g/mol. The number of H-pyrrole nitrogens is 1. The first kappa shape index (κ1) is 11.9. The van der Waals surface area contributed by atoms with Crippen molar-refractivity contribution in [2.75, 3.05) is 5.32 Å². The Balaban J connectivity index is 1.78. The summed E-state index contributed by atoms with van der Waals surface area (Å²) in [6.07, 6.45) is 3.67. The Hall–Kier alpha value is -2.17. The van der Waals surface area contributed by atoms with Crippen LogP contribution in [0.2, 0.25) is 0 Å². The number of aryl methyl sites for hydroxylation is 1. The highest BCUT2D eigenvalue weighted by Gasteiger charge is 2.45. The molecule has 0 bridgehead atoms. The van der Waals surface area contributed by atoms with Crippen molar-refractivity contribution in [2.45, 2.75) is 26.7 Å². The van der Waals surface area contributed by atoms with E-state index in [-0.39, 0.29) is 11.3 Å². The quantitative estimate of drug-likeness (QED) is 0.886. The summed E-state index contributed by atoms with van der Waals surface area (Å²) in [6, 6.07) is 5.73. The summed E-state index contributed by atoms with van der Waals surface area (Å²) >= 11 is 0. The first-order valence-corrected chi connectivity index (χ1v) is 6.37. The summed E-state index contributed by atoms with van der Waals surface area (Å²) in [6.45, 7) is 3.92. The van der Waals surface area contributed by atoms with Gasteiger partial charge in [0.2, 0.25) is 5.91 Å². The molecule has 98 valence electrons. The van der Waals surface area contributed by atoms with Crippen LogP contribution in [0.15, 0.2) is 24.4 Å². The maximum atomic E-state index is 11.9. The van der Waals surface area contributed by atoms with Crippen LogP contribution in [0.3, 0.4) is 0 Å². The fourth-order valence-corrected chi connectivity index (χ4v) is 1.93. The van der Waals surface area contributed by atoms with Gasteiger partial charge in [-0.3, -0.25) is 14.9 Å². The zero-order chi connectivity index (χ0) is 13.5. The lowest BCUT2D eigenvalue weighted by molar-refractivity contribution is -0.120. The third-order valence-electron chi connectivity index (χ3n) is 3.58. The van der Waals surface area contributed by atoms with Crippen LogP contribution in [0.5, 0.6) is 0 Å². The molecule has 0 radical (unpaired) electrons. The maximum absolute atomic E-state index is 11.9. The van der Waals surface area contributed by atoms with Gasteiger partial charge in [0.1, 0.15) is 0 Å². The van der Waals surface area contributed by atoms with Crippen molar-refractivity contribution in [2.24, 2.45) is 5.41 Å². The van der Waals surface area contributed by atoms with Gasteiger partial charge in [0.15, 0.2) is 5.82 Å². The topological polar surface area (TPSA) is 70.7 Å². The number of aromatic nitrogens is 3. The van der Waals surface area contributed by atoms with Gasteiger partial charge < -0.3 is 5.32 Å². The Morgan fingerprint density at radius 3 is 2.89 bits per heavy atom. The first-order valence-electron chi connectivity index (χ1n) is 6.37. The van der Waals surface area contributed by atoms with E-state index in [9.17, 15) is 4.79 Å². The van der Waals surface area contributed by atoms with Crippen molar-refractivity contribution in [3.05, 3.63) is 30.1 Å². The molecule has 0 aliphatic heterocycles. The second kappa shape index (κ2) is 4.19. The number of amides is 1. The number of hydrogen-bond donors (Lipinski definition) is 2. The number of carbonyl (C=O) groups is 1. The molecule has 2 heterocycles. The Kier molecular flexibility index (Phi) is 2.62. The highest BCUT2D eigenvalue weighted by molar-refractivity contribution is 5.96. The molecule has 2 aromatic heterocycles. The number of aromatic amines is 1. The summed E-state index contributed by atoms with van der Waals surface area (Å²) in [7, 11) is 0. The lowest BCUT2D eigenvalue weighted by Gasteiger charge is -2.06. The van der Waals surface area contributed by atoms with E-state index in [2.05, 4.69) is 20.5 Å². The zero-order valence-electron chi connectivity index (χ0n) is 11.0. The van der Waals surface area contributed by atoms with Gasteiger partial charge in [-0.25, -0.2) is 0 Å². The van der Waals surface area contributed by atoms with Crippen molar-refractivity contribution in [3.63, 3.8) is 0 Å². The molecule has 0 atom stereocenters. The molecule has 1 saturated carbocycles. The van der Waals surface area contributed by atoms with Gasteiger partial charge in [-0.1, -0.05) is 6.92 Å². The largest absolute Gasteiger partial charge is 0.309 e. The minimum atomic E-state index is -0.188. The van der Waals surface area contributed by atoms with Crippen LogP contribution < -0.4 is 5.32 Å². The molecule has 2 N–H and O–H groups in total. The van der Waals surface area contributed by atoms with E-state index < -0.39 is 0 Å². The Bertz CT molecular complexity index is 628. The Morgan fingerprint density at radius 2 is 2.21 bits per heavy atom. The lowest BCUT2D eigenvalue weighted by Crippen LogP contribution is -2.21. The van der Waals surface area contributed by atoms with Gasteiger partial charge in [-0.15, -0.1) is 0 Å². The minimum absolute atomic E-state index is 0.0523. The molecule has 0 saturated heterocycles. The molecule has 1 aliphatic rings. The van der Waals surface area contributed by atoms with Crippen molar-refractivity contribution in [1.82, 2.24) is 15.2 Å². The standard InChI is InChI=1S/C14H16N4O/c1-9-7-10(3-6-15-9)11-8-12(18-17-11)16-13(19)14(2)4-5-14/h3,6-8H,4-5H2,1-2H3,(H2,16,17,18,19). The lowest BCUT2D eigenvalue weighted by atomic mass is 10.1. The number of nitrogens with zero attached hydrogens (tertiary/aromatic N) is 2. The van der Waals surface area contributed by atoms with Gasteiger partial charge in [-0.05, 0) is 31.9 Å². The zero-order valence-corrected chi connectivity index (χ0v) is 11.0. The molecule has 0 aromatic carbocycles. The SMILES string of the molecule is Cc1cc(-c2cc(NC(=O)C3(C)CC3)n[nH]2)ccn1. The smallest absolute Gasteiger partial charge is 0.231 e. The first-order chi connectivity index (χ1) is 9.07. The normalized spacial score (nSPS) is 16.1. The number of rotatable bonds is 3. The van der Waals surface area contributed by atoms with E-state index in [0.717, 1.165) is 29.8 Å². The second-order valence-electron chi connectivity index (χ2n) is 5.37. The predicted molar refractivity (Wildman–Crippen MR) is 72.5 cm³/mol. The third kappa shape index (κ3) is 2.36. The van der Waals surface area contributed by atoms with Crippen molar-refractivity contribution in [1.29, 1.82) is 0 Å². The number of pyridine rings is 1. The van der Waals surface area contributed by atoms with Crippen molar-refractivity contribution in [3.8, 4) is 11.3 Å². The van der Waals surface area contributed by atoms with E-state index in [1.807, 2.05) is 32.0 Å². The molecule has 5 nitrogen and oxygen atoms in total. The number of nitrogens with one attached hydrogen (secondary N) is 2. The highest BCUT2D eigenvalue weighted by atomic mass is 16.2. The molecule has 19 heavy (non-hydrogen) atoms. The summed E-state index contributed by atoms with van der Waals surface area (Å²) in [5.41, 5.74) is 2.65. The Labute approximate surface area is 111 Å². The fraction of sp³-hybridized carbons (Fsp3) is 0.357. The van der Waals surface area contributed by atoms with Crippen LogP contribution >= 0.6 is 0 Å². The maximum Gasteiger partial charge on any atom is 0.231 e. The van der Waals surface area contributed by atoms with E-state index >= 15 is 0 Å². The molecular weight excluding hydrogens is 240 g/mol. The molecule has 2 aromatic rings. The molecule has 1 fully saturated rings. The molecule has 0 unspecified atom stereocenters. The van der Waals surface area contributed by atoms with Crippen LogP contribution in [-0.4, -0.2) is 21.1 Å². The van der Waals surface area contributed by atoms with Crippen LogP contribution in [0.1, 0.15) is 25.5 Å². The molecule has 1 aliphatic carbocycles.